The van der Waals surface area contributed by atoms with E-state index in [2.05, 4.69) is 5.10 Å². The Morgan fingerprint density at radius 2 is 1.89 bits per heavy atom. The van der Waals surface area contributed by atoms with Gasteiger partial charge in [0.1, 0.15) is 5.82 Å². The van der Waals surface area contributed by atoms with Crippen LogP contribution in [0.1, 0.15) is 70.2 Å². The van der Waals surface area contributed by atoms with Crippen LogP contribution in [0.3, 0.4) is 0 Å². The van der Waals surface area contributed by atoms with E-state index in [9.17, 15) is 9.59 Å². The van der Waals surface area contributed by atoms with Crippen molar-refractivity contribution in [1.82, 2.24) is 9.66 Å². The molecule has 0 saturated heterocycles. The molecule has 1 heterocycles. The first-order chi connectivity index (χ1) is 17.5. The van der Waals surface area contributed by atoms with Crippen molar-refractivity contribution >= 4 is 23.1 Å². The van der Waals surface area contributed by atoms with Gasteiger partial charge in [-0.05, 0) is 69.5 Å². The lowest BCUT2D eigenvalue weighted by Crippen LogP contribution is -2.26. The van der Waals surface area contributed by atoms with Crippen LogP contribution in [0.2, 0.25) is 0 Å². The molecule has 0 amide bonds. The molecule has 1 aliphatic carbocycles. The Kier molecular flexibility index (Phi) is 8.36. The van der Waals surface area contributed by atoms with Crippen LogP contribution in [-0.4, -0.2) is 41.2 Å². The first-order valence-corrected chi connectivity index (χ1v) is 12.7. The molecule has 190 valence electrons. The van der Waals surface area contributed by atoms with Crippen LogP contribution in [0.5, 0.6) is 11.5 Å². The van der Waals surface area contributed by atoms with E-state index in [0.29, 0.717) is 34.8 Å². The molecule has 1 atom stereocenters. The molecular formula is C28H33N3O5. The number of carbonyl (C=O) groups excluding carboxylic acids is 1. The highest BCUT2D eigenvalue weighted by Gasteiger charge is 2.22. The lowest BCUT2D eigenvalue weighted by Gasteiger charge is -2.22. The lowest BCUT2D eigenvalue weighted by atomic mass is 9.88. The molecule has 3 aromatic rings. The molecule has 0 aliphatic heterocycles. The highest BCUT2D eigenvalue weighted by Crippen LogP contribution is 2.32. The Morgan fingerprint density at radius 3 is 2.64 bits per heavy atom. The van der Waals surface area contributed by atoms with Gasteiger partial charge in [0.2, 0.25) is 0 Å². The Bertz CT molecular complexity index is 1290. The molecule has 1 aliphatic rings. The largest absolute Gasteiger partial charge is 0.490 e. The van der Waals surface area contributed by atoms with E-state index in [0.717, 1.165) is 31.2 Å². The van der Waals surface area contributed by atoms with E-state index in [1.54, 1.807) is 44.3 Å². The summed E-state index contributed by atoms with van der Waals surface area (Å²) >= 11 is 0. The van der Waals surface area contributed by atoms with Gasteiger partial charge in [-0.25, -0.2) is 9.78 Å². The number of hydrogen-bond donors (Lipinski definition) is 0. The van der Waals surface area contributed by atoms with Gasteiger partial charge >= 0.3 is 5.97 Å². The average molecular weight is 492 g/mol. The highest BCUT2D eigenvalue weighted by molar-refractivity contribution is 5.82. The first kappa shape index (κ1) is 25.4. The minimum atomic E-state index is -0.774. The van der Waals surface area contributed by atoms with E-state index < -0.39 is 12.1 Å². The Morgan fingerprint density at radius 1 is 1.11 bits per heavy atom. The van der Waals surface area contributed by atoms with Gasteiger partial charge in [0.05, 0.1) is 30.3 Å². The Hall–Kier alpha value is -3.68. The molecule has 4 rings (SSSR count). The van der Waals surface area contributed by atoms with E-state index in [4.69, 9.17) is 19.2 Å². The van der Waals surface area contributed by atoms with E-state index >= 15 is 0 Å². The van der Waals surface area contributed by atoms with Crippen LogP contribution in [0, 0.1) is 0 Å². The zero-order valence-electron chi connectivity index (χ0n) is 21.1. The zero-order valence-corrected chi connectivity index (χ0v) is 21.1. The first-order valence-electron chi connectivity index (χ1n) is 12.7. The van der Waals surface area contributed by atoms with Gasteiger partial charge in [0, 0.05) is 5.92 Å². The summed E-state index contributed by atoms with van der Waals surface area (Å²) in [6, 6.07) is 12.7. The van der Waals surface area contributed by atoms with Crippen molar-refractivity contribution in [3.8, 4) is 11.5 Å². The van der Waals surface area contributed by atoms with Crippen molar-refractivity contribution in [2.45, 2.75) is 64.9 Å². The number of fused-ring (bicyclic) bond motifs is 1. The number of para-hydroxylation sites is 1. The minimum absolute atomic E-state index is 0.175. The fourth-order valence-electron chi connectivity index (χ4n) is 4.47. The van der Waals surface area contributed by atoms with Crippen LogP contribution >= 0.6 is 0 Å². The molecule has 0 N–H and O–H groups in total. The second-order valence-electron chi connectivity index (χ2n) is 8.83. The number of carbonyl (C=O) groups is 1. The van der Waals surface area contributed by atoms with Gasteiger partial charge in [0.25, 0.3) is 5.56 Å². The van der Waals surface area contributed by atoms with Crippen LogP contribution < -0.4 is 15.0 Å². The number of ether oxygens (including phenoxy) is 3. The monoisotopic (exact) mass is 491 g/mol. The highest BCUT2D eigenvalue weighted by atomic mass is 16.6. The summed E-state index contributed by atoms with van der Waals surface area (Å²) in [4.78, 5) is 30.2. The van der Waals surface area contributed by atoms with Crippen molar-refractivity contribution in [2.75, 3.05) is 13.2 Å². The quantitative estimate of drug-likeness (QED) is 0.307. The van der Waals surface area contributed by atoms with Gasteiger partial charge < -0.3 is 14.2 Å². The Labute approximate surface area is 210 Å². The van der Waals surface area contributed by atoms with Crippen molar-refractivity contribution in [2.24, 2.45) is 5.10 Å². The molecule has 2 aromatic carbocycles. The van der Waals surface area contributed by atoms with Crippen molar-refractivity contribution in [3.05, 3.63) is 64.2 Å². The molecule has 1 aromatic heterocycles. The summed E-state index contributed by atoms with van der Waals surface area (Å²) in [7, 11) is 0. The molecular weight excluding hydrogens is 458 g/mol. The number of hydrogen-bond acceptors (Lipinski definition) is 7. The second-order valence-corrected chi connectivity index (χ2v) is 8.83. The molecule has 0 radical (unpaired) electrons. The maximum absolute atomic E-state index is 13.4. The fourth-order valence-corrected chi connectivity index (χ4v) is 4.47. The molecule has 0 unspecified atom stereocenters. The third-order valence-corrected chi connectivity index (χ3v) is 6.26. The molecule has 0 spiro atoms. The number of esters is 1. The van der Waals surface area contributed by atoms with Gasteiger partial charge in [-0.3, -0.25) is 4.79 Å². The molecule has 8 heteroatoms. The van der Waals surface area contributed by atoms with Crippen molar-refractivity contribution in [3.63, 3.8) is 0 Å². The normalized spacial score (nSPS) is 15.2. The van der Waals surface area contributed by atoms with Gasteiger partial charge in [-0.1, -0.05) is 31.4 Å². The summed E-state index contributed by atoms with van der Waals surface area (Å²) in [5.74, 6) is 1.38. The predicted octanol–water partition coefficient (Wildman–Crippen LogP) is 5.06. The van der Waals surface area contributed by atoms with Gasteiger partial charge in [-0.15, -0.1) is 0 Å². The topological polar surface area (TPSA) is 92.0 Å². The summed E-state index contributed by atoms with van der Waals surface area (Å²) in [5.41, 5.74) is 1.25. The smallest absolute Gasteiger partial charge is 0.347 e. The molecule has 0 bridgehead atoms. The third-order valence-electron chi connectivity index (χ3n) is 6.26. The second kappa shape index (κ2) is 11.8. The van der Waals surface area contributed by atoms with Gasteiger partial charge in [0.15, 0.2) is 17.6 Å². The molecule has 1 fully saturated rings. The van der Waals surface area contributed by atoms with Crippen LogP contribution in [0.15, 0.2) is 52.4 Å². The third kappa shape index (κ3) is 5.75. The van der Waals surface area contributed by atoms with E-state index in [1.165, 1.54) is 11.1 Å². The maximum atomic E-state index is 13.4. The average Bonchev–Trinajstić information content (AvgIpc) is 2.90. The number of benzene rings is 2. The summed E-state index contributed by atoms with van der Waals surface area (Å²) in [5, 5.41) is 5.13. The minimum Gasteiger partial charge on any atom is -0.490 e. The lowest BCUT2D eigenvalue weighted by molar-refractivity contribution is -0.150. The standard InChI is InChI=1S/C28H33N3O5/c1-4-34-25-17-20(15-16-24(25)36-19(3)28(33)35-5-2)18-29-31-26(21-11-7-6-8-12-21)30-23-14-10-9-13-22(23)27(31)32/h9-10,13-19,21H,4-8,11-12H2,1-3H3/t19-/m1/s1. The van der Waals surface area contributed by atoms with Crippen LogP contribution in [0.25, 0.3) is 10.9 Å². The maximum Gasteiger partial charge on any atom is 0.347 e. The number of rotatable bonds is 9. The van der Waals surface area contributed by atoms with E-state index in [-0.39, 0.29) is 18.1 Å². The summed E-state index contributed by atoms with van der Waals surface area (Å²) in [6.07, 6.45) is 6.32. The van der Waals surface area contributed by atoms with Gasteiger partial charge in [-0.2, -0.15) is 9.78 Å². The number of aromatic nitrogens is 2. The van der Waals surface area contributed by atoms with E-state index in [1.807, 2.05) is 25.1 Å². The van der Waals surface area contributed by atoms with Crippen molar-refractivity contribution in [1.29, 1.82) is 0 Å². The predicted molar refractivity (Wildman–Crippen MR) is 139 cm³/mol. The van der Waals surface area contributed by atoms with Crippen LogP contribution in [-0.2, 0) is 9.53 Å². The summed E-state index contributed by atoms with van der Waals surface area (Å²) < 4.78 is 18.0. The SMILES string of the molecule is CCOC(=O)[C@@H](C)Oc1ccc(C=Nn2c(C3CCCCC3)nc3ccccc3c2=O)cc1OCC. The zero-order chi connectivity index (χ0) is 25.5. The Balaban J connectivity index is 1.68. The molecule has 1 saturated carbocycles. The fraction of sp³-hybridized carbons (Fsp3) is 0.429. The summed E-state index contributed by atoms with van der Waals surface area (Å²) in [6.45, 7) is 5.96. The number of nitrogens with zero attached hydrogens (tertiary/aromatic N) is 3. The van der Waals surface area contributed by atoms with Crippen LogP contribution in [0.4, 0.5) is 0 Å². The molecule has 36 heavy (non-hydrogen) atoms. The van der Waals surface area contributed by atoms with Crippen molar-refractivity contribution < 1.29 is 19.0 Å². The molecule has 8 nitrogen and oxygen atoms in total.